The number of aromatic nitrogens is 1. The van der Waals surface area contributed by atoms with Gasteiger partial charge in [0, 0.05) is 24.1 Å². The zero-order valence-electron chi connectivity index (χ0n) is 10.1. The molecule has 4 nitrogen and oxygen atoms in total. The second-order valence-electron chi connectivity index (χ2n) is 3.96. The SMILES string of the molecule is COC(=O)C(N)Cc1c[nH]c2cc(F)cc(F)c12.Cl. The third kappa shape index (κ3) is 3.02. The van der Waals surface area contributed by atoms with Gasteiger partial charge in [-0.15, -0.1) is 12.4 Å². The number of H-pyrrole nitrogens is 1. The largest absolute Gasteiger partial charge is 0.468 e. The molecule has 0 aliphatic rings. The minimum atomic E-state index is -0.876. The van der Waals surface area contributed by atoms with Crippen LogP contribution in [0.5, 0.6) is 0 Å². The Morgan fingerprint density at radius 1 is 1.47 bits per heavy atom. The van der Waals surface area contributed by atoms with E-state index in [-0.39, 0.29) is 24.2 Å². The molecule has 7 heteroatoms. The van der Waals surface area contributed by atoms with Crippen LogP contribution in [-0.2, 0) is 16.0 Å². The van der Waals surface area contributed by atoms with Crippen LogP contribution in [-0.4, -0.2) is 24.1 Å². The maximum atomic E-state index is 13.7. The number of methoxy groups -OCH3 is 1. The molecule has 0 radical (unpaired) electrons. The van der Waals surface area contributed by atoms with Gasteiger partial charge in [0.05, 0.1) is 12.6 Å². The van der Waals surface area contributed by atoms with Crippen molar-refractivity contribution in [2.75, 3.05) is 7.11 Å². The van der Waals surface area contributed by atoms with Crippen molar-refractivity contribution in [1.29, 1.82) is 0 Å². The number of hydrogen-bond donors (Lipinski definition) is 2. The Labute approximate surface area is 114 Å². The van der Waals surface area contributed by atoms with Crippen LogP contribution in [0.2, 0.25) is 0 Å². The molecule has 104 valence electrons. The zero-order chi connectivity index (χ0) is 13.3. The van der Waals surface area contributed by atoms with E-state index in [4.69, 9.17) is 5.73 Å². The first-order chi connectivity index (χ1) is 8.52. The van der Waals surface area contributed by atoms with Crippen LogP contribution in [0.4, 0.5) is 8.78 Å². The number of nitrogens with one attached hydrogen (secondary N) is 1. The van der Waals surface area contributed by atoms with Gasteiger partial charge in [0.15, 0.2) is 0 Å². The molecule has 0 saturated carbocycles. The van der Waals surface area contributed by atoms with E-state index in [0.717, 1.165) is 6.07 Å². The quantitative estimate of drug-likeness (QED) is 0.849. The van der Waals surface area contributed by atoms with Crippen LogP contribution in [0.3, 0.4) is 0 Å². The molecule has 1 atom stereocenters. The smallest absolute Gasteiger partial charge is 0.322 e. The summed E-state index contributed by atoms with van der Waals surface area (Å²) in [5.74, 6) is -1.92. The number of rotatable bonds is 3. The lowest BCUT2D eigenvalue weighted by Crippen LogP contribution is -2.33. The van der Waals surface area contributed by atoms with Gasteiger partial charge in [-0.2, -0.15) is 0 Å². The van der Waals surface area contributed by atoms with E-state index >= 15 is 0 Å². The summed E-state index contributed by atoms with van der Waals surface area (Å²) in [5.41, 5.74) is 6.45. The molecule has 1 aromatic carbocycles. The van der Waals surface area contributed by atoms with Gasteiger partial charge < -0.3 is 15.5 Å². The molecule has 0 fully saturated rings. The minimum Gasteiger partial charge on any atom is -0.468 e. The molecular formula is C12H13ClF2N2O2. The lowest BCUT2D eigenvalue weighted by Gasteiger charge is -2.08. The van der Waals surface area contributed by atoms with E-state index in [2.05, 4.69) is 9.72 Å². The number of esters is 1. The van der Waals surface area contributed by atoms with Gasteiger partial charge in [0.2, 0.25) is 0 Å². The summed E-state index contributed by atoms with van der Waals surface area (Å²) in [7, 11) is 1.23. The van der Waals surface area contributed by atoms with Gasteiger partial charge in [-0.1, -0.05) is 0 Å². The van der Waals surface area contributed by atoms with Gasteiger partial charge in [-0.3, -0.25) is 4.79 Å². The average Bonchev–Trinajstić information content (AvgIpc) is 2.71. The topological polar surface area (TPSA) is 68.1 Å². The van der Waals surface area contributed by atoms with Crippen molar-refractivity contribution >= 4 is 29.3 Å². The van der Waals surface area contributed by atoms with E-state index in [1.807, 2.05) is 0 Å². The Morgan fingerprint density at radius 2 is 2.16 bits per heavy atom. The monoisotopic (exact) mass is 290 g/mol. The van der Waals surface area contributed by atoms with Gasteiger partial charge in [-0.25, -0.2) is 8.78 Å². The van der Waals surface area contributed by atoms with E-state index in [1.165, 1.54) is 19.4 Å². The Balaban J connectivity index is 0.00000180. The predicted molar refractivity (Wildman–Crippen MR) is 69.2 cm³/mol. The molecule has 19 heavy (non-hydrogen) atoms. The number of halogens is 3. The molecule has 3 N–H and O–H groups in total. The number of hydrogen-bond acceptors (Lipinski definition) is 3. The van der Waals surface area contributed by atoms with Crippen molar-refractivity contribution in [2.45, 2.75) is 12.5 Å². The lowest BCUT2D eigenvalue weighted by atomic mass is 10.1. The molecule has 0 spiro atoms. The summed E-state index contributed by atoms with van der Waals surface area (Å²) >= 11 is 0. The van der Waals surface area contributed by atoms with Crippen molar-refractivity contribution < 1.29 is 18.3 Å². The number of aromatic amines is 1. The van der Waals surface area contributed by atoms with Crippen LogP contribution in [0, 0.1) is 11.6 Å². The Hall–Kier alpha value is -1.66. The minimum absolute atomic E-state index is 0. The van der Waals surface area contributed by atoms with Crippen molar-refractivity contribution in [1.82, 2.24) is 4.98 Å². The molecule has 0 saturated heterocycles. The number of nitrogens with two attached hydrogens (primary N) is 1. The van der Waals surface area contributed by atoms with Crippen LogP contribution in [0.15, 0.2) is 18.3 Å². The maximum Gasteiger partial charge on any atom is 0.322 e. The van der Waals surface area contributed by atoms with Crippen LogP contribution in [0.25, 0.3) is 10.9 Å². The standard InChI is InChI=1S/C12H12F2N2O2.ClH/c1-18-12(17)9(15)2-6-5-16-10-4-7(13)3-8(14)11(6)10;/h3-5,9,16H,2,15H2,1H3;1H. The molecule has 1 aromatic heterocycles. The lowest BCUT2D eigenvalue weighted by molar-refractivity contribution is -0.142. The van der Waals surface area contributed by atoms with E-state index in [1.54, 1.807) is 0 Å². The van der Waals surface area contributed by atoms with Crippen molar-refractivity contribution in [2.24, 2.45) is 5.73 Å². The van der Waals surface area contributed by atoms with Crippen LogP contribution in [0.1, 0.15) is 5.56 Å². The highest BCUT2D eigenvalue weighted by Crippen LogP contribution is 2.23. The zero-order valence-corrected chi connectivity index (χ0v) is 10.9. The van der Waals surface area contributed by atoms with E-state index in [9.17, 15) is 13.6 Å². The normalized spacial score (nSPS) is 12.0. The summed E-state index contributed by atoms with van der Waals surface area (Å²) in [4.78, 5) is 13.9. The third-order valence-corrected chi connectivity index (χ3v) is 2.72. The van der Waals surface area contributed by atoms with E-state index in [0.29, 0.717) is 11.1 Å². The first kappa shape index (κ1) is 15.4. The molecule has 1 unspecified atom stereocenters. The summed E-state index contributed by atoms with van der Waals surface area (Å²) < 4.78 is 31.1. The van der Waals surface area contributed by atoms with Crippen molar-refractivity contribution in [3.8, 4) is 0 Å². The molecule has 2 aromatic rings. The number of carbonyl (C=O) groups is 1. The molecule has 0 bridgehead atoms. The number of carbonyl (C=O) groups excluding carboxylic acids is 1. The first-order valence-corrected chi connectivity index (χ1v) is 5.31. The summed E-state index contributed by atoms with van der Waals surface area (Å²) in [6.07, 6.45) is 1.63. The highest BCUT2D eigenvalue weighted by Gasteiger charge is 2.18. The highest BCUT2D eigenvalue weighted by atomic mass is 35.5. The molecule has 0 amide bonds. The van der Waals surface area contributed by atoms with Gasteiger partial charge >= 0.3 is 5.97 Å². The number of benzene rings is 1. The average molecular weight is 291 g/mol. The number of fused-ring (bicyclic) bond motifs is 1. The predicted octanol–water partition coefficient (Wildman–Crippen LogP) is 1.91. The second kappa shape index (κ2) is 5.99. The second-order valence-corrected chi connectivity index (χ2v) is 3.96. The molecule has 0 aliphatic heterocycles. The fraction of sp³-hybridized carbons (Fsp3) is 0.250. The van der Waals surface area contributed by atoms with Crippen LogP contribution < -0.4 is 5.73 Å². The highest BCUT2D eigenvalue weighted by molar-refractivity contribution is 5.85. The van der Waals surface area contributed by atoms with Crippen molar-refractivity contribution in [3.05, 3.63) is 35.5 Å². The molecule has 2 rings (SSSR count). The van der Waals surface area contributed by atoms with Gasteiger partial charge in [-0.05, 0) is 11.6 Å². The summed E-state index contributed by atoms with van der Waals surface area (Å²) in [6, 6.07) is 1.10. The Bertz CT molecular complexity index is 601. The van der Waals surface area contributed by atoms with Crippen molar-refractivity contribution in [3.63, 3.8) is 0 Å². The number of ether oxygens (including phenoxy) is 1. The van der Waals surface area contributed by atoms with Gasteiger partial charge in [0.25, 0.3) is 0 Å². The Morgan fingerprint density at radius 3 is 2.79 bits per heavy atom. The summed E-state index contributed by atoms with van der Waals surface area (Å²) in [5, 5.41) is 0.246. The fourth-order valence-electron chi connectivity index (χ4n) is 1.88. The molecule has 1 heterocycles. The maximum absolute atomic E-state index is 13.7. The first-order valence-electron chi connectivity index (χ1n) is 5.31. The van der Waals surface area contributed by atoms with Gasteiger partial charge in [0.1, 0.15) is 17.7 Å². The fourth-order valence-corrected chi connectivity index (χ4v) is 1.88. The van der Waals surface area contributed by atoms with E-state index < -0.39 is 23.6 Å². The summed E-state index contributed by atoms with van der Waals surface area (Å²) in [6.45, 7) is 0. The molecular weight excluding hydrogens is 278 g/mol. The molecule has 0 aliphatic carbocycles. The van der Waals surface area contributed by atoms with Crippen LogP contribution >= 0.6 is 12.4 Å². The third-order valence-electron chi connectivity index (χ3n) is 2.72. The Kier molecular flexibility index (Phi) is 4.85.